The van der Waals surface area contributed by atoms with E-state index in [1.54, 1.807) is 13.8 Å². The number of hydrogen-bond donors (Lipinski definition) is 1. The van der Waals surface area contributed by atoms with Crippen LogP contribution < -0.4 is 5.32 Å². The zero-order chi connectivity index (χ0) is 10.5. The van der Waals surface area contributed by atoms with Crippen LogP contribution in [0.25, 0.3) is 0 Å². The number of ether oxygens (including phenoxy) is 1. The predicted octanol–water partition coefficient (Wildman–Crippen LogP) is 0.830. The number of hydrogen-bond acceptors (Lipinski definition) is 3. The molecule has 0 aromatic rings. The monoisotopic (exact) mass is 184 g/mol. The molecule has 0 saturated heterocycles. The molecule has 2 atom stereocenters. The smallest absolute Gasteiger partial charge is 0.252 e. The molecule has 0 saturated carbocycles. The molecule has 0 aromatic carbocycles. The summed E-state index contributed by atoms with van der Waals surface area (Å²) in [4.78, 5) is 11.5. The Morgan fingerprint density at radius 2 is 2.31 bits per heavy atom. The Morgan fingerprint density at radius 1 is 1.77 bits per heavy atom. The van der Waals surface area contributed by atoms with Crippen molar-refractivity contribution in [2.24, 2.45) is 0 Å². The number of nitrogens with zero attached hydrogens (tertiary/aromatic N) is 1. The predicted molar refractivity (Wildman–Crippen MR) is 48.9 cm³/mol. The molecule has 0 aliphatic heterocycles. The van der Waals surface area contributed by atoms with Crippen LogP contribution in [0.5, 0.6) is 0 Å². The molecule has 0 heterocycles. The van der Waals surface area contributed by atoms with Gasteiger partial charge in [0, 0.05) is 7.11 Å². The lowest BCUT2D eigenvalue weighted by atomic mass is 10.0. The molecule has 0 aliphatic carbocycles. The van der Waals surface area contributed by atoms with Gasteiger partial charge in [-0.3, -0.25) is 4.79 Å². The Balaban J connectivity index is 4.33. The van der Waals surface area contributed by atoms with E-state index >= 15 is 0 Å². The van der Waals surface area contributed by atoms with Gasteiger partial charge in [-0.15, -0.1) is 0 Å². The Morgan fingerprint density at radius 3 is 2.62 bits per heavy atom. The lowest BCUT2D eigenvalue weighted by Gasteiger charge is -2.25. The standard InChI is InChI=1S/C9H16N2O2/c1-5-9(3,13-4)8(12)11-7(2)6-10/h7H,5H2,1-4H3,(H,11,12). The first-order chi connectivity index (χ1) is 6.00. The third-order valence-corrected chi connectivity index (χ3v) is 2.15. The van der Waals surface area contributed by atoms with Crippen molar-refractivity contribution in [1.82, 2.24) is 5.32 Å². The SMILES string of the molecule is CCC(C)(OC)C(=O)NC(C)C#N. The molecule has 0 radical (unpaired) electrons. The number of amides is 1. The Kier molecular flexibility index (Phi) is 4.43. The third kappa shape index (κ3) is 3.03. The number of carbonyl (C=O) groups is 1. The second-order valence-corrected chi connectivity index (χ2v) is 3.11. The quantitative estimate of drug-likeness (QED) is 0.704. The highest BCUT2D eigenvalue weighted by Gasteiger charge is 2.31. The lowest BCUT2D eigenvalue weighted by Crippen LogP contribution is -2.48. The fourth-order valence-electron chi connectivity index (χ4n) is 0.779. The van der Waals surface area contributed by atoms with Gasteiger partial charge in [0.05, 0.1) is 6.07 Å². The van der Waals surface area contributed by atoms with Gasteiger partial charge in [-0.25, -0.2) is 0 Å². The summed E-state index contributed by atoms with van der Waals surface area (Å²) in [6.45, 7) is 5.19. The van der Waals surface area contributed by atoms with Crippen LogP contribution in [0.3, 0.4) is 0 Å². The van der Waals surface area contributed by atoms with Crippen molar-refractivity contribution in [3.63, 3.8) is 0 Å². The minimum atomic E-state index is -0.828. The van der Waals surface area contributed by atoms with E-state index in [1.807, 2.05) is 13.0 Å². The zero-order valence-corrected chi connectivity index (χ0v) is 8.55. The molecule has 0 aromatic heterocycles. The first-order valence-electron chi connectivity index (χ1n) is 4.26. The van der Waals surface area contributed by atoms with Gasteiger partial charge in [-0.1, -0.05) is 6.92 Å². The molecular weight excluding hydrogens is 168 g/mol. The second kappa shape index (κ2) is 4.83. The molecule has 13 heavy (non-hydrogen) atoms. The van der Waals surface area contributed by atoms with Gasteiger partial charge in [0.2, 0.25) is 0 Å². The summed E-state index contributed by atoms with van der Waals surface area (Å²) in [5.41, 5.74) is -0.828. The van der Waals surface area contributed by atoms with Crippen LogP contribution in [0.2, 0.25) is 0 Å². The van der Waals surface area contributed by atoms with Gasteiger partial charge in [-0.2, -0.15) is 5.26 Å². The van der Waals surface area contributed by atoms with Crippen LogP contribution in [0.4, 0.5) is 0 Å². The summed E-state index contributed by atoms with van der Waals surface area (Å²) in [6, 6.07) is 1.45. The Hall–Kier alpha value is -1.08. The van der Waals surface area contributed by atoms with Gasteiger partial charge < -0.3 is 10.1 Å². The van der Waals surface area contributed by atoms with E-state index in [-0.39, 0.29) is 5.91 Å². The molecule has 0 fully saturated rings. The van der Waals surface area contributed by atoms with E-state index < -0.39 is 11.6 Å². The Bertz CT molecular complexity index is 216. The molecule has 4 heteroatoms. The summed E-state index contributed by atoms with van der Waals surface area (Å²) in [5.74, 6) is -0.244. The van der Waals surface area contributed by atoms with E-state index in [0.29, 0.717) is 6.42 Å². The average molecular weight is 184 g/mol. The van der Waals surface area contributed by atoms with Crippen LogP contribution in [0, 0.1) is 11.3 Å². The fourth-order valence-corrected chi connectivity index (χ4v) is 0.779. The topological polar surface area (TPSA) is 62.1 Å². The molecule has 0 rings (SSSR count). The highest BCUT2D eigenvalue weighted by molar-refractivity contribution is 5.85. The first-order valence-corrected chi connectivity index (χ1v) is 4.26. The number of rotatable bonds is 4. The summed E-state index contributed by atoms with van der Waals surface area (Å²) in [7, 11) is 1.49. The molecule has 1 N–H and O–H groups in total. The van der Waals surface area contributed by atoms with E-state index in [9.17, 15) is 4.79 Å². The average Bonchev–Trinajstić information content (AvgIpc) is 2.16. The van der Waals surface area contributed by atoms with Gasteiger partial charge in [0.25, 0.3) is 5.91 Å². The van der Waals surface area contributed by atoms with Crippen molar-refractivity contribution < 1.29 is 9.53 Å². The normalized spacial score (nSPS) is 16.8. The molecule has 0 aliphatic rings. The van der Waals surface area contributed by atoms with Crippen molar-refractivity contribution >= 4 is 5.91 Å². The minimum Gasteiger partial charge on any atom is -0.369 e. The second-order valence-electron chi connectivity index (χ2n) is 3.11. The maximum atomic E-state index is 11.5. The molecule has 4 nitrogen and oxygen atoms in total. The van der Waals surface area contributed by atoms with Crippen LogP contribution in [0.1, 0.15) is 27.2 Å². The maximum absolute atomic E-state index is 11.5. The zero-order valence-electron chi connectivity index (χ0n) is 8.55. The van der Waals surface area contributed by atoms with Crippen molar-refractivity contribution in [2.45, 2.75) is 38.8 Å². The highest BCUT2D eigenvalue weighted by Crippen LogP contribution is 2.13. The molecule has 2 unspecified atom stereocenters. The Labute approximate surface area is 78.9 Å². The van der Waals surface area contributed by atoms with Gasteiger partial charge in [-0.05, 0) is 20.3 Å². The van der Waals surface area contributed by atoms with E-state index in [0.717, 1.165) is 0 Å². The number of carbonyl (C=O) groups excluding carboxylic acids is 1. The summed E-state index contributed by atoms with van der Waals surface area (Å²) >= 11 is 0. The van der Waals surface area contributed by atoms with Crippen LogP contribution >= 0.6 is 0 Å². The van der Waals surface area contributed by atoms with Crippen molar-refractivity contribution in [3.8, 4) is 6.07 Å². The van der Waals surface area contributed by atoms with Crippen molar-refractivity contribution in [3.05, 3.63) is 0 Å². The summed E-state index contributed by atoms with van der Waals surface area (Å²) in [6.07, 6.45) is 0.577. The highest BCUT2D eigenvalue weighted by atomic mass is 16.5. The van der Waals surface area contributed by atoms with Crippen LogP contribution in [0.15, 0.2) is 0 Å². The first kappa shape index (κ1) is 11.9. The maximum Gasteiger partial charge on any atom is 0.252 e. The molecule has 1 amide bonds. The molecule has 0 bridgehead atoms. The van der Waals surface area contributed by atoms with Crippen LogP contribution in [-0.4, -0.2) is 24.7 Å². The summed E-state index contributed by atoms with van der Waals surface area (Å²) < 4.78 is 5.07. The lowest BCUT2D eigenvalue weighted by molar-refractivity contribution is -0.142. The number of methoxy groups -OCH3 is 1. The van der Waals surface area contributed by atoms with Crippen LogP contribution in [-0.2, 0) is 9.53 Å². The van der Waals surface area contributed by atoms with Crippen molar-refractivity contribution in [1.29, 1.82) is 5.26 Å². The van der Waals surface area contributed by atoms with Gasteiger partial charge in [0.1, 0.15) is 11.6 Å². The van der Waals surface area contributed by atoms with E-state index in [4.69, 9.17) is 10.00 Å². The fraction of sp³-hybridized carbons (Fsp3) is 0.778. The number of nitrogens with one attached hydrogen (secondary N) is 1. The largest absolute Gasteiger partial charge is 0.369 e. The van der Waals surface area contributed by atoms with Gasteiger partial charge >= 0.3 is 0 Å². The molecular formula is C9H16N2O2. The number of nitriles is 1. The van der Waals surface area contributed by atoms with E-state index in [2.05, 4.69) is 5.32 Å². The third-order valence-electron chi connectivity index (χ3n) is 2.15. The summed E-state index contributed by atoms with van der Waals surface area (Å²) in [5, 5.41) is 11.0. The molecule has 0 spiro atoms. The van der Waals surface area contributed by atoms with Crippen molar-refractivity contribution in [2.75, 3.05) is 7.11 Å². The molecule has 74 valence electrons. The minimum absolute atomic E-state index is 0.244. The van der Waals surface area contributed by atoms with Gasteiger partial charge in [0.15, 0.2) is 0 Å². The van der Waals surface area contributed by atoms with E-state index in [1.165, 1.54) is 7.11 Å².